The van der Waals surface area contributed by atoms with Gasteiger partial charge < -0.3 is 5.32 Å². The van der Waals surface area contributed by atoms with Crippen LogP contribution in [0.5, 0.6) is 0 Å². The number of nitrogens with one attached hydrogen (secondary N) is 1. The van der Waals surface area contributed by atoms with Crippen LogP contribution >= 0.6 is 15.9 Å². The number of carbonyl (C=O) groups is 1. The summed E-state index contributed by atoms with van der Waals surface area (Å²) in [7, 11) is 0. The van der Waals surface area contributed by atoms with Crippen LogP contribution in [0.25, 0.3) is 0 Å². The van der Waals surface area contributed by atoms with Gasteiger partial charge in [-0.05, 0) is 99.7 Å². The van der Waals surface area contributed by atoms with E-state index in [1.807, 2.05) is 0 Å². The molecule has 0 aromatic heterocycles. The SMILES string of the molecule is CC(NC(=O)CC12CC3CC(CC(Br)(C3)C1)C2)C1CC2CCC1C2. The summed E-state index contributed by atoms with van der Waals surface area (Å²) < 4.78 is 0.369. The summed E-state index contributed by atoms with van der Waals surface area (Å²) in [6.07, 6.45) is 14.5. The van der Waals surface area contributed by atoms with Crippen molar-refractivity contribution in [2.75, 3.05) is 0 Å². The first-order valence-electron chi connectivity index (χ1n) is 10.4. The van der Waals surface area contributed by atoms with E-state index in [1.54, 1.807) is 0 Å². The van der Waals surface area contributed by atoms with E-state index in [4.69, 9.17) is 0 Å². The zero-order valence-electron chi connectivity index (χ0n) is 15.0. The molecule has 2 nitrogen and oxygen atoms in total. The van der Waals surface area contributed by atoms with Gasteiger partial charge in [-0.2, -0.15) is 0 Å². The molecular formula is C21H32BrNO. The molecule has 6 atom stereocenters. The molecule has 6 aliphatic rings. The molecule has 0 aromatic rings. The predicted octanol–water partition coefficient (Wildman–Crippen LogP) is 5.05. The van der Waals surface area contributed by atoms with Gasteiger partial charge in [0.25, 0.3) is 0 Å². The van der Waals surface area contributed by atoms with Gasteiger partial charge in [0.1, 0.15) is 0 Å². The summed E-state index contributed by atoms with van der Waals surface area (Å²) in [6.45, 7) is 2.27. The van der Waals surface area contributed by atoms with Gasteiger partial charge in [0, 0.05) is 16.8 Å². The summed E-state index contributed by atoms with van der Waals surface area (Å²) in [4.78, 5) is 12.9. The molecule has 1 amide bonds. The molecule has 0 radical (unpaired) electrons. The molecule has 0 saturated heterocycles. The fourth-order valence-corrected chi connectivity index (χ4v) is 9.71. The van der Waals surface area contributed by atoms with Crippen molar-refractivity contribution in [3.63, 3.8) is 0 Å². The van der Waals surface area contributed by atoms with E-state index >= 15 is 0 Å². The third kappa shape index (κ3) is 2.68. The highest BCUT2D eigenvalue weighted by Crippen LogP contribution is 2.65. The smallest absolute Gasteiger partial charge is 0.220 e. The molecule has 24 heavy (non-hydrogen) atoms. The summed E-state index contributed by atoms with van der Waals surface area (Å²) in [6, 6.07) is 0.389. The lowest BCUT2D eigenvalue weighted by molar-refractivity contribution is -0.129. The Balaban J connectivity index is 1.23. The first-order chi connectivity index (χ1) is 11.4. The van der Waals surface area contributed by atoms with Gasteiger partial charge in [-0.15, -0.1) is 0 Å². The Bertz CT molecular complexity index is 532. The van der Waals surface area contributed by atoms with Crippen LogP contribution in [-0.4, -0.2) is 16.3 Å². The number of halogens is 1. The lowest BCUT2D eigenvalue weighted by Gasteiger charge is -2.60. The van der Waals surface area contributed by atoms with Crippen molar-refractivity contribution in [2.24, 2.45) is 35.0 Å². The minimum Gasteiger partial charge on any atom is -0.353 e. The van der Waals surface area contributed by atoms with E-state index in [-0.39, 0.29) is 0 Å². The van der Waals surface area contributed by atoms with E-state index in [1.165, 1.54) is 64.2 Å². The second kappa shape index (κ2) is 5.47. The normalized spacial score (nSPS) is 52.7. The van der Waals surface area contributed by atoms with Crippen molar-refractivity contribution in [2.45, 2.75) is 87.9 Å². The lowest BCUT2D eigenvalue weighted by atomic mass is 9.48. The van der Waals surface area contributed by atoms with Crippen LogP contribution in [0.4, 0.5) is 0 Å². The molecular weight excluding hydrogens is 362 g/mol. The Morgan fingerprint density at radius 3 is 2.42 bits per heavy atom. The summed E-state index contributed by atoms with van der Waals surface area (Å²) in [5.74, 6) is 4.73. The van der Waals surface area contributed by atoms with E-state index in [0.717, 1.165) is 36.0 Å². The third-order valence-electron chi connectivity index (χ3n) is 8.47. The van der Waals surface area contributed by atoms with Crippen molar-refractivity contribution < 1.29 is 4.79 Å². The third-order valence-corrected chi connectivity index (χ3v) is 9.40. The second-order valence-electron chi connectivity index (χ2n) is 10.5. The monoisotopic (exact) mass is 393 g/mol. The Kier molecular flexibility index (Phi) is 3.68. The molecule has 0 heterocycles. The van der Waals surface area contributed by atoms with E-state index in [2.05, 4.69) is 28.2 Å². The van der Waals surface area contributed by atoms with E-state index < -0.39 is 0 Å². The van der Waals surface area contributed by atoms with Crippen molar-refractivity contribution >= 4 is 21.8 Å². The van der Waals surface area contributed by atoms with Gasteiger partial charge in [-0.25, -0.2) is 0 Å². The maximum Gasteiger partial charge on any atom is 0.220 e. The summed E-state index contributed by atoms with van der Waals surface area (Å²) >= 11 is 4.08. The molecule has 134 valence electrons. The molecule has 0 spiro atoms. The highest BCUT2D eigenvalue weighted by atomic mass is 79.9. The van der Waals surface area contributed by atoms with Crippen LogP contribution in [0.1, 0.15) is 77.6 Å². The van der Waals surface area contributed by atoms with Crippen LogP contribution in [0.15, 0.2) is 0 Å². The standard InChI is InChI=1S/C21H32BrNO/c1-13(18-6-14-2-3-17(18)5-14)23-19(24)11-20-7-15-4-16(8-20)10-21(22,9-15)12-20/h13-18H,2-12H2,1H3,(H,23,24). The topological polar surface area (TPSA) is 29.1 Å². The number of alkyl halides is 1. The number of amides is 1. The van der Waals surface area contributed by atoms with Gasteiger partial charge in [-0.3, -0.25) is 4.79 Å². The molecule has 0 aliphatic heterocycles. The molecule has 6 fully saturated rings. The predicted molar refractivity (Wildman–Crippen MR) is 99.9 cm³/mol. The minimum atomic E-state index is 0.312. The van der Waals surface area contributed by atoms with Gasteiger partial charge >= 0.3 is 0 Å². The van der Waals surface area contributed by atoms with Gasteiger partial charge in [-0.1, -0.05) is 22.4 Å². The summed E-state index contributed by atoms with van der Waals surface area (Å²) in [5, 5.41) is 3.44. The molecule has 6 aliphatic carbocycles. The quantitative estimate of drug-likeness (QED) is 0.664. The first kappa shape index (κ1) is 16.1. The maximum atomic E-state index is 12.9. The van der Waals surface area contributed by atoms with Crippen LogP contribution in [0, 0.1) is 35.0 Å². The molecule has 3 heteroatoms. The van der Waals surface area contributed by atoms with Crippen molar-refractivity contribution in [3.8, 4) is 0 Å². The Labute approximate surface area is 155 Å². The van der Waals surface area contributed by atoms with Crippen LogP contribution in [-0.2, 0) is 4.79 Å². The van der Waals surface area contributed by atoms with Gasteiger partial charge in [0.15, 0.2) is 0 Å². The second-order valence-corrected chi connectivity index (χ2v) is 12.2. The highest BCUT2D eigenvalue weighted by molar-refractivity contribution is 9.10. The fraction of sp³-hybridized carbons (Fsp3) is 0.952. The Morgan fingerprint density at radius 2 is 1.83 bits per heavy atom. The molecule has 6 unspecified atom stereocenters. The number of carbonyl (C=O) groups excluding carboxylic acids is 1. The van der Waals surface area contributed by atoms with Crippen molar-refractivity contribution in [1.82, 2.24) is 5.32 Å². The molecule has 6 rings (SSSR count). The summed E-state index contributed by atoms with van der Waals surface area (Å²) in [5.41, 5.74) is 0.312. The van der Waals surface area contributed by atoms with Crippen LogP contribution in [0.3, 0.4) is 0 Å². The van der Waals surface area contributed by atoms with Crippen molar-refractivity contribution in [3.05, 3.63) is 0 Å². The van der Waals surface area contributed by atoms with E-state index in [0.29, 0.717) is 21.7 Å². The number of fused-ring (bicyclic) bond motifs is 2. The number of hydrogen-bond donors (Lipinski definition) is 1. The van der Waals surface area contributed by atoms with Crippen LogP contribution < -0.4 is 5.32 Å². The Morgan fingerprint density at radius 1 is 1.08 bits per heavy atom. The molecule has 6 bridgehead atoms. The zero-order valence-corrected chi connectivity index (χ0v) is 16.6. The largest absolute Gasteiger partial charge is 0.353 e. The lowest BCUT2D eigenvalue weighted by Crippen LogP contribution is -2.54. The van der Waals surface area contributed by atoms with Gasteiger partial charge in [0.2, 0.25) is 5.91 Å². The Hall–Kier alpha value is -0.0500. The van der Waals surface area contributed by atoms with Crippen molar-refractivity contribution in [1.29, 1.82) is 0 Å². The average molecular weight is 394 g/mol. The fourth-order valence-electron chi connectivity index (χ4n) is 8.20. The van der Waals surface area contributed by atoms with E-state index in [9.17, 15) is 4.79 Å². The molecule has 1 N–H and O–H groups in total. The molecule has 6 saturated carbocycles. The zero-order chi connectivity index (χ0) is 16.5. The first-order valence-corrected chi connectivity index (χ1v) is 11.2. The maximum absolute atomic E-state index is 12.9. The highest BCUT2D eigenvalue weighted by Gasteiger charge is 2.57. The number of rotatable bonds is 4. The number of hydrogen-bond acceptors (Lipinski definition) is 1. The average Bonchev–Trinajstić information content (AvgIpc) is 3.05. The minimum absolute atomic E-state index is 0.312. The van der Waals surface area contributed by atoms with Crippen LogP contribution in [0.2, 0.25) is 0 Å². The van der Waals surface area contributed by atoms with Gasteiger partial charge in [0.05, 0.1) is 0 Å². The molecule has 0 aromatic carbocycles.